The van der Waals surface area contributed by atoms with Crippen molar-refractivity contribution in [1.29, 1.82) is 0 Å². The summed E-state index contributed by atoms with van der Waals surface area (Å²) in [5.74, 6) is -1.21. The van der Waals surface area contributed by atoms with Gasteiger partial charge in [-0.2, -0.15) is 13.2 Å². The minimum absolute atomic E-state index is 0.0714. The molecule has 0 aliphatic carbocycles. The highest BCUT2D eigenvalue weighted by molar-refractivity contribution is 5.97. The fraction of sp³-hybridized carbons (Fsp3) is 0.208. The van der Waals surface area contributed by atoms with Crippen LogP contribution < -0.4 is 10.1 Å². The number of halogens is 3. The number of fused-ring (bicyclic) bond motifs is 1. The number of nitrogens with zero attached hydrogens (tertiary/aromatic N) is 1. The number of alkyl halides is 3. The number of aromatic nitrogens is 1. The molecule has 4 rings (SSSR count). The average Bonchev–Trinajstić information content (AvgIpc) is 2.78. The SMILES string of the molecule is Cc1cc(C(=O)N[C@]2(c3ccc(C(F)(F)F)cc3)CCOc3cccnc32)ccc1C(=O)O. The van der Waals surface area contributed by atoms with Crippen LogP contribution >= 0.6 is 0 Å². The lowest BCUT2D eigenvalue weighted by Crippen LogP contribution is -2.50. The Labute approximate surface area is 187 Å². The van der Waals surface area contributed by atoms with Gasteiger partial charge in [-0.25, -0.2) is 4.79 Å². The number of amides is 1. The van der Waals surface area contributed by atoms with Crippen LogP contribution in [0.1, 0.15) is 49.5 Å². The smallest absolute Gasteiger partial charge is 0.416 e. The van der Waals surface area contributed by atoms with Gasteiger partial charge in [0, 0.05) is 18.2 Å². The van der Waals surface area contributed by atoms with Crippen LogP contribution in [0.25, 0.3) is 0 Å². The first-order chi connectivity index (χ1) is 15.6. The molecule has 0 bridgehead atoms. The second kappa shape index (κ2) is 8.23. The highest BCUT2D eigenvalue weighted by atomic mass is 19.4. The van der Waals surface area contributed by atoms with E-state index in [1.165, 1.54) is 36.5 Å². The predicted molar refractivity (Wildman–Crippen MR) is 112 cm³/mol. The quantitative estimate of drug-likeness (QED) is 0.601. The lowest BCUT2D eigenvalue weighted by molar-refractivity contribution is -0.137. The molecule has 1 aliphatic rings. The van der Waals surface area contributed by atoms with Gasteiger partial charge in [0.15, 0.2) is 0 Å². The standard InChI is InChI=1S/C24H19F3N2O4/c1-14-13-15(4-9-18(14)22(31)32)21(30)29-23(10-12-33-19-3-2-11-28-20(19)23)16-5-7-17(8-6-16)24(25,26)27/h2-9,11,13H,10,12H2,1H3,(H,29,30)(H,31,32)/t23-/m0/s1. The molecule has 2 N–H and O–H groups in total. The normalized spacial score (nSPS) is 17.6. The Kier molecular flexibility index (Phi) is 5.57. The summed E-state index contributed by atoms with van der Waals surface area (Å²) in [7, 11) is 0. The number of pyridine rings is 1. The number of carboxylic acids is 1. The lowest BCUT2D eigenvalue weighted by atomic mass is 9.80. The molecule has 1 aromatic heterocycles. The molecule has 0 saturated heterocycles. The Hall–Kier alpha value is -3.88. The fourth-order valence-electron chi connectivity index (χ4n) is 3.99. The number of hydrogen-bond acceptors (Lipinski definition) is 4. The van der Waals surface area contributed by atoms with Crippen molar-refractivity contribution in [3.63, 3.8) is 0 Å². The van der Waals surface area contributed by atoms with Crippen molar-refractivity contribution in [3.05, 3.63) is 94.3 Å². The first-order valence-corrected chi connectivity index (χ1v) is 10.0. The predicted octanol–water partition coefficient (Wildman–Crippen LogP) is 4.56. The molecule has 0 radical (unpaired) electrons. The Morgan fingerprint density at radius 2 is 1.85 bits per heavy atom. The molecule has 170 valence electrons. The van der Waals surface area contributed by atoms with Gasteiger partial charge in [0.05, 0.1) is 17.7 Å². The summed E-state index contributed by atoms with van der Waals surface area (Å²) in [6.07, 6.45) is -2.74. The number of carbonyl (C=O) groups excluding carboxylic acids is 1. The van der Waals surface area contributed by atoms with Crippen LogP contribution in [0.4, 0.5) is 13.2 Å². The van der Waals surface area contributed by atoms with Gasteiger partial charge in [-0.1, -0.05) is 12.1 Å². The first-order valence-electron chi connectivity index (χ1n) is 10.0. The number of hydrogen-bond donors (Lipinski definition) is 2. The molecule has 2 aromatic carbocycles. The van der Waals surface area contributed by atoms with E-state index >= 15 is 0 Å². The van der Waals surface area contributed by atoms with Gasteiger partial charge in [0.2, 0.25) is 0 Å². The number of ether oxygens (including phenoxy) is 1. The summed E-state index contributed by atoms with van der Waals surface area (Å²) in [6, 6.07) is 12.1. The first kappa shape index (κ1) is 22.3. The minimum atomic E-state index is -4.50. The van der Waals surface area contributed by atoms with Gasteiger partial charge >= 0.3 is 12.1 Å². The zero-order valence-corrected chi connectivity index (χ0v) is 17.4. The van der Waals surface area contributed by atoms with E-state index in [1.54, 1.807) is 19.1 Å². The van der Waals surface area contributed by atoms with Gasteiger partial charge in [-0.15, -0.1) is 0 Å². The van der Waals surface area contributed by atoms with E-state index in [1.807, 2.05) is 0 Å². The summed E-state index contributed by atoms with van der Waals surface area (Å²) in [4.78, 5) is 28.9. The molecule has 0 spiro atoms. The van der Waals surface area contributed by atoms with E-state index in [4.69, 9.17) is 4.74 Å². The molecule has 2 heterocycles. The van der Waals surface area contributed by atoms with E-state index in [-0.39, 0.29) is 24.2 Å². The molecule has 6 nitrogen and oxygen atoms in total. The number of rotatable bonds is 4. The molecule has 1 amide bonds. The topological polar surface area (TPSA) is 88.5 Å². The van der Waals surface area contributed by atoms with Crippen LogP contribution in [0, 0.1) is 6.92 Å². The largest absolute Gasteiger partial charge is 0.491 e. The van der Waals surface area contributed by atoms with Gasteiger partial charge < -0.3 is 15.2 Å². The molecular weight excluding hydrogens is 437 g/mol. The van der Waals surface area contributed by atoms with Crippen LogP contribution in [0.15, 0.2) is 60.8 Å². The molecule has 33 heavy (non-hydrogen) atoms. The number of carbonyl (C=O) groups is 2. The number of benzene rings is 2. The summed E-state index contributed by atoms with van der Waals surface area (Å²) < 4.78 is 45.0. The van der Waals surface area contributed by atoms with Crippen molar-refractivity contribution in [2.75, 3.05) is 6.61 Å². The van der Waals surface area contributed by atoms with Crippen LogP contribution in [-0.4, -0.2) is 28.6 Å². The third kappa shape index (κ3) is 4.13. The zero-order valence-electron chi connectivity index (χ0n) is 17.4. The second-order valence-corrected chi connectivity index (χ2v) is 7.72. The monoisotopic (exact) mass is 456 g/mol. The maximum absolute atomic E-state index is 13.3. The maximum atomic E-state index is 13.3. The fourth-order valence-corrected chi connectivity index (χ4v) is 3.99. The van der Waals surface area contributed by atoms with E-state index in [9.17, 15) is 27.9 Å². The van der Waals surface area contributed by atoms with Gasteiger partial charge in [0.1, 0.15) is 17.0 Å². The van der Waals surface area contributed by atoms with Crippen LogP contribution in [0.2, 0.25) is 0 Å². The van der Waals surface area contributed by atoms with Crippen LogP contribution in [-0.2, 0) is 11.7 Å². The average molecular weight is 456 g/mol. The number of nitrogens with one attached hydrogen (secondary N) is 1. The molecule has 0 fully saturated rings. The van der Waals surface area contributed by atoms with Crippen molar-refractivity contribution in [3.8, 4) is 5.75 Å². The van der Waals surface area contributed by atoms with E-state index in [2.05, 4.69) is 10.3 Å². The molecule has 9 heteroatoms. The lowest BCUT2D eigenvalue weighted by Gasteiger charge is -2.39. The maximum Gasteiger partial charge on any atom is 0.416 e. The number of carboxylic acid groups (broad SMARTS) is 1. The summed E-state index contributed by atoms with van der Waals surface area (Å²) in [5.41, 5.74) is -0.552. The van der Waals surface area contributed by atoms with Crippen molar-refractivity contribution in [2.24, 2.45) is 0 Å². The third-order valence-corrected chi connectivity index (χ3v) is 5.66. The van der Waals surface area contributed by atoms with E-state index in [0.29, 0.717) is 22.6 Å². The van der Waals surface area contributed by atoms with Gasteiger partial charge in [0.25, 0.3) is 5.91 Å². The van der Waals surface area contributed by atoms with Gasteiger partial charge in [-0.05, 0) is 60.5 Å². The number of aromatic carboxylic acids is 1. The van der Waals surface area contributed by atoms with E-state index in [0.717, 1.165) is 12.1 Å². The Bertz CT molecular complexity index is 1230. The van der Waals surface area contributed by atoms with Crippen LogP contribution in [0.3, 0.4) is 0 Å². The van der Waals surface area contributed by atoms with Crippen LogP contribution in [0.5, 0.6) is 5.75 Å². The minimum Gasteiger partial charge on any atom is -0.491 e. The molecule has 0 saturated carbocycles. The molecule has 1 atom stereocenters. The Morgan fingerprint density at radius 3 is 2.48 bits per heavy atom. The Morgan fingerprint density at radius 1 is 1.12 bits per heavy atom. The van der Waals surface area contributed by atoms with Crippen molar-refractivity contribution >= 4 is 11.9 Å². The molecule has 0 unspecified atom stereocenters. The highest BCUT2D eigenvalue weighted by Crippen LogP contribution is 2.41. The van der Waals surface area contributed by atoms with E-state index < -0.39 is 29.2 Å². The summed E-state index contributed by atoms with van der Waals surface area (Å²) in [5, 5.41) is 12.2. The molecule has 3 aromatic rings. The zero-order chi connectivity index (χ0) is 23.8. The Balaban J connectivity index is 1.79. The second-order valence-electron chi connectivity index (χ2n) is 7.72. The van der Waals surface area contributed by atoms with Crippen molar-refractivity contribution < 1.29 is 32.6 Å². The summed E-state index contributed by atoms with van der Waals surface area (Å²) >= 11 is 0. The third-order valence-electron chi connectivity index (χ3n) is 5.66. The van der Waals surface area contributed by atoms with Crippen molar-refractivity contribution in [2.45, 2.75) is 25.1 Å². The van der Waals surface area contributed by atoms with Crippen molar-refractivity contribution in [1.82, 2.24) is 10.3 Å². The highest BCUT2D eigenvalue weighted by Gasteiger charge is 2.43. The molecule has 1 aliphatic heterocycles. The summed E-state index contributed by atoms with van der Waals surface area (Å²) in [6.45, 7) is 1.79. The number of aryl methyl sites for hydroxylation is 1. The molecular formula is C24H19F3N2O4. The van der Waals surface area contributed by atoms with Gasteiger partial charge in [-0.3, -0.25) is 9.78 Å².